The van der Waals surface area contributed by atoms with Crippen molar-refractivity contribution in [1.82, 2.24) is 5.32 Å². The van der Waals surface area contributed by atoms with Crippen molar-refractivity contribution >= 4 is 41.0 Å². The normalized spacial score (nSPS) is 13.2. The van der Waals surface area contributed by atoms with Crippen molar-refractivity contribution in [3.63, 3.8) is 0 Å². The molecule has 0 saturated heterocycles. The molecule has 0 aromatic heterocycles. The average molecular weight is 512 g/mol. The van der Waals surface area contributed by atoms with Crippen LogP contribution in [-0.2, 0) is 4.79 Å². The van der Waals surface area contributed by atoms with Gasteiger partial charge in [-0.2, -0.15) is 26.3 Å². The highest BCUT2D eigenvalue weighted by atomic mass is 35.5. The number of carbonyl (C=O) groups is 2. The predicted octanol–water partition coefficient (Wildman–Crippen LogP) is 6.99. The van der Waals surface area contributed by atoms with Crippen molar-refractivity contribution in [3.8, 4) is 0 Å². The number of nitrogens with one attached hydrogen (secondary N) is 1. The predicted molar refractivity (Wildman–Crippen MR) is 113 cm³/mol. The molecule has 0 saturated carbocycles. The van der Waals surface area contributed by atoms with E-state index in [0.717, 1.165) is 12.1 Å². The van der Waals surface area contributed by atoms with E-state index in [1.165, 1.54) is 42.5 Å². The first-order valence-electron chi connectivity index (χ1n) is 9.43. The van der Waals surface area contributed by atoms with Crippen LogP contribution in [0.1, 0.15) is 40.2 Å². The summed E-state index contributed by atoms with van der Waals surface area (Å²) in [7, 11) is 0. The van der Waals surface area contributed by atoms with Gasteiger partial charge in [-0.3, -0.25) is 9.59 Å². The Labute approximate surface area is 195 Å². The van der Waals surface area contributed by atoms with Gasteiger partial charge in [0.15, 0.2) is 5.78 Å². The number of hydrogen-bond donors (Lipinski definition) is 1. The van der Waals surface area contributed by atoms with Gasteiger partial charge in [0.05, 0.1) is 16.0 Å². The number of amides is 1. The minimum absolute atomic E-state index is 0.00762. The molecular weight excluding hydrogens is 495 g/mol. The molecular formula is C22H17Cl2F6NO2. The van der Waals surface area contributed by atoms with E-state index in [2.05, 4.69) is 0 Å². The van der Waals surface area contributed by atoms with Crippen LogP contribution in [0.3, 0.4) is 0 Å². The Morgan fingerprint density at radius 2 is 1.55 bits per heavy atom. The number of alkyl halides is 6. The standard InChI is InChI=1S/C22H17Cl2F6NO2/c23-17-8-6-15(11-18(17)24)16(22(28,29)30)7-3-13-1-4-14(5-2-13)19(32)9-10-20(33)31-12-21(25,26)27/h1-8,11,16H,9-10,12H2,(H,31,33)/b7-3+. The summed E-state index contributed by atoms with van der Waals surface area (Å²) in [6, 6.07) is 9.18. The first kappa shape index (κ1) is 26.7. The zero-order valence-electron chi connectivity index (χ0n) is 16.7. The SMILES string of the molecule is O=C(CCC(=O)c1ccc(/C=C/C(c2ccc(Cl)c(Cl)c2)C(F)(F)F)cc1)NCC(F)(F)F. The smallest absolute Gasteiger partial charge is 0.347 e. The van der Waals surface area contributed by atoms with Gasteiger partial charge in [-0.05, 0) is 23.3 Å². The van der Waals surface area contributed by atoms with E-state index in [1.54, 1.807) is 5.32 Å². The van der Waals surface area contributed by atoms with Gasteiger partial charge in [0.2, 0.25) is 5.91 Å². The molecule has 2 aromatic rings. The Bertz CT molecular complexity index is 1020. The van der Waals surface area contributed by atoms with Crippen LogP contribution in [0.2, 0.25) is 10.0 Å². The van der Waals surface area contributed by atoms with E-state index in [-0.39, 0.29) is 27.6 Å². The monoisotopic (exact) mass is 511 g/mol. The number of ketones is 1. The van der Waals surface area contributed by atoms with Crippen LogP contribution in [0.4, 0.5) is 26.3 Å². The molecule has 1 atom stereocenters. The van der Waals surface area contributed by atoms with E-state index < -0.39 is 42.9 Å². The molecule has 1 amide bonds. The summed E-state index contributed by atoms with van der Waals surface area (Å²) < 4.78 is 76.7. The number of Topliss-reactive ketones (excluding diaryl/α,β-unsaturated/α-hetero) is 1. The van der Waals surface area contributed by atoms with Crippen LogP contribution in [0.25, 0.3) is 6.08 Å². The maximum atomic E-state index is 13.5. The quantitative estimate of drug-likeness (QED) is 0.306. The summed E-state index contributed by atoms with van der Waals surface area (Å²) in [5.41, 5.74) is 0.458. The minimum Gasteiger partial charge on any atom is -0.347 e. The number of rotatable bonds is 8. The summed E-state index contributed by atoms with van der Waals surface area (Å²) in [6.07, 6.45) is -7.69. The van der Waals surface area contributed by atoms with Gasteiger partial charge in [0.1, 0.15) is 6.54 Å². The van der Waals surface area contributed by atoms with Gasteiger partial charge in [0, 0.05) is 18.4 Å². The summed E-state index contributed by atoms with van der Waals surface area (Å²) in [5.74, 6) is -3.35. The number of allylic oxidation sites excluding steroid dienone is 1. The molecule has 0 radical (unpaired) electrons. The first-order valence-corrected chi connectivity index (χ1v) is 10.2. The topological polar surface area (TPSA) is 46.2 Å². The van der Waals surface area contributed by atoms with Crippen molar-refractivity contribution < 1.29 is 35.9 Å². The molecule has 2 rings (SSSR count). The lowest BCUT2D eigenvalue weighted by atomic mass is 9.96. The maximum absolute atomic E-state index is 13.5. The van der Waals surface area contributed by atoms with Crippen LogP contribution in [0.15, 0.2) is 48.5 Å². The molecule has 0 aliphatic heterocycles. The Morgan fingerprint density at radius 3 is 2.09 bits per heavy atom. The second kappa shape index (κ2) is 11.1. The summed E-state index contributed by atoms with van der Waals surface area (Å²) in [4.78, 5) is 23.5. The average Bonchev–Trinajstić information content (AvgIpc) is 2.72. The second-order valence-electron chi connectivity index (χ2n) is 6.99. The first-order chi connectivity index (χ1) is 15.3. The molecule has 33 heavy (non-hydrogen) atoms. The van der Waals surface area contributed by atoms with Gasteiger partial charge >= 0.3 is 12.4 Å². The number of carbonyl (C=O) groups excluding carboxylic acids is 2. The zero-order chi connectivity index (χ0) is 24.8. The lowest BCUT2D eigenvalue weighted by Gasteiger charge is -2.18. The third kappa shape index (κ3) is 8.74. The fraction of sp³-hybridized carbons (Fsp3) is 0.273. The summed E-state index contributed by atoms with van der Waals surface area (Å²) in [6.45, 7) is -1.48. The molecule has 0 aliphatic rings. The lowest BCUT2D eigenvalue weighted by molar-refractivity contribution is -0.139. The highest BCUT2D eigenvalue weighted by Crippen LogP contribution is 2.38. The zero-order valence-corrected chi connectivity index (χ0v) is 18.2. The van der Waals surface area contributed by atoms with E-state index in [1.807, 2.05) is 0 Å². The van der Waals surface area contributed by atoms with Crippen molar-refractivity contribution in [2.45, 2.75) is 31.1 Å². The van der Waals surface area contributed by atoms with Crippen LogP contribution in [0, 0.1) is 0 Å². The molecule has 0 aliphatic carbocycles. The van der Waals surface area contributed by atoms with E-state index >= 15 is 0 Å². The number of halogens is 8. The lowest BCUT2D eigenvalue weighted by Crippen LogP contribution is -2.33. The fourth-order valence-corrected chi connectivity index (χ4v) is 3.07. The molecule has 1 unspecified atom stereocenters. The van der Waals surface area contributed by atoms with Crippen molar-refractivity contribution in [2.75, 3.05) is 6.54 Å². The summed E-state index contributed by atoms with van der Waals surface area (Å²) in [5, 5.41) is 1.79. The van der Waals surface area contributed by atoms with Crippen LogP contribution >= 0.6 is 23.2 Å². The number of hydrogen-bond acceptors (Lipinski definition) is 2. The van der Waals surface area contributed by atoms with E-state index in [0.29, 0.717) is 5.56 Å². The maximum Gasteiger partial charge on any atom is 0.405 e. The van der Waals surface area contributed by atoms with Gasteiger partial charge in [-0.15, -0.1) is 0 Å². The highest BCUT2D eigenvalue weighted by molar-refractivity contribution is 6.42. The molecule has 11 heteroatoms. The Hall–Kier alpha value is -2.52. The molecule has 1 N–H and O–H groups in total. The molecule has 178 valence electrons. The molecule has 0 spiro atoms. The molecule has 0 fully saturated rings. The van der Waals surface area contributed by atoms with Gasteiger partial charge in [-0.25, -0.2) is 0 Å². The molecule has 2 aromatic carbocycles. The highest BCUT2D eigenvalue weighted by Gasteiger charge is 2.39. The van der Waals surface area contributed by atoms with Crippen molar-refractivity contribution in [1.29, 1.82) is 0 Å². The third-order valence-corrected chi connectivity index (χ3v) is 5.17. The third-order valence-electron chi connectivity index (χ3n) is 4.43. The van der Waals surface area contributed by atoms with E-state index in [9.17, 15) is 35.9 Å². The molecule has 3 nitrogen and oxygen atoms in total. The van der Waals surface area contributed by atoms with Crippen LogP contribution < -0.4 is 5.32 Å². The Kier molecular flexibility index (Phi) is 8.97. The van der Waals surface area contributed by atoms with Crippen molar-refractivity contribution in [2.24, 2.45) is 0 Å². The van der Waals surface area contributed by atoms with E-state index in [4.69, 9.17) is 23.2 Å². The van der Waals surface area contributed by atoms with Gasteiger partial charge < -0.3 is 5.32 Å². The molecule has 0 heterocycles. The van der Waals surface area contributed by atoms with Crippen molar-refractivity contribution in [3.05, 3.63) is 75.3 Å². The fourth-order valence-electron chi connectivity index (χ4n) is 2.76. The molecule has 0 bridgehead atoms. The number of benzene rings is 2. The van der Waals surface area contributed by atoms with Crippen LogP contribution in [-0.4, -0.2) is 30.6 Å². The largest absolute Gasteiger partial charge is 0.405 e. The van der Waals surface area contributed by atoms with Crippen LogP contribution in [0.5, 0.6) is 0 Å². The second-order valence-corrected chi connectivity index (χ2v) is 7.80. The Balaban J connectivity index is 2.03. The Morgan fingerprint density at radius 1 is 0.909 bits per heavy atom. The summed E-state index contributed by atoms with van der Waals surface area (Å²) >= 11 is 11.6. The van der Waals surface area contributed by atoms with Gasteiger partial charge in [-0.1, -0.05) is 65.7 Å². The minimum atomic E-state index is -4.59. The van der Waals surface area contributed by atoms with Gasteiger partial charge in [0.25, 0.3) is 0 Å².